The average Bonchev–Trinajstić information content (AvgIpc) is 3.34. The van der Waals surface area contributed by atoms with Crippen LogP contribution in [-0.2, 0) is 19.4 Å². The van der Waals surface area contributed by atoms with Crippen LogP contribution >= 0.6 is 0 Å². The summed E-state index contributed by atoms with van der Waals surface area (Å²) in [4.78, 5) is 20.0. The number of ether oxygens (including phenoxy) is 1. The van der Waals surface area contributed by atoms with Crippen molar-refractivity contribution in [2.24, 2.45) is 0 Å². The molecule has 0 saturated carbocycles. The van der Waals surface area contributed by atoms with Crippen LogP contribution in [0, 0.1) is 0 Å². The molecule has 4 aromatic rings. The molecule has 2 aromatic heterocycles. The highest BCUT2D eigenvalue weighted by Gasteiger charge is 2.16. The number of aromatic amines is 1. The highest BCUT2D eigenvalue weighted by atomic mass is 16.5. The molecule has 2 heterocycles. The van der Waals surface area contributed by atoms with Crippen molar-refractivity contribution in [3.63, 3.8) is 0 Å². The lowest BCUT2D eigenvalue weighted by atomic mass is 10.1. The molecule has 6 nitrogen and oxygen atoms in total. The Labute approximate surface area is 155 Å². The minimum atomic E-state index is -0.227. The Kier molecular flexibility index (Phi) is 3.74. The zero-order chi connectivity index (χ0) is 18.2. The van der Waals surface area contributed by atoms with Gasteiger partial charge in [0.15, 0.2) is 5.82 Å². The maximum atomic E-state index is 12.4. The summed E-state index contributed by atoms with van der Waals surface area (Å²) in [6, 6.07) is 17.3. The van der Waals surface area contributed by atoms with Gasteiger partial charge in [0.05, 0.1) is 5.69 Å². The van der Waals surface area contributed by atoms with E-state index in [0.29, 0.717) is 17.3 Å². The van der Waals surface area contributed by atoms with Gasteiger partial charge in [-0.15, -0.1) is 5.10 Å². The molecule has 0 atom stereocenters. The summed E-state index contributed by atoms with van der Waals surface area (Å²) in [7, 11) is 0. The molecule has 1 aliphatic rings. The number of aryl methyl sites for hydroxylation is 1. The van der Waals surface area contributed by atoms with Gasteiger partial charge in [-0.05, 0) is 36.5 Å². The highest BCUT2D eigenvalue weighted by molar-refractivity contribution is 5.56. The van der Waals surface area contributed by atoms with E-state index in [1.807, 2.05) is 42.5 Å². The molecule has 134 valence electrons. The van der Waals surface area contributed by atoms with Crippen LogP contribution in [-0.4, -0.2) is 19.6 Å². The molecule has 0 amide bonds. The number of aromatic nitrogens is 4. The predicted octanol–water partition coefficient (Wildman–Crippen LogP) is 3.15. The maximum absolute atomic E-state index is 12.4. The Balaban J connectivity index is 1.45. The quantitative estimate of drug-likeness (QED) is 0.608. The molecule has 0 aliphatic heterocycles. The second-order valence-electron chi connectivity index (χ2n) is 6.71. The lowest BCUT2D eigenvalue weighted by molar-refractivity contribution is 0.298. The monoisotopic (exact) mass is 358 g/mol. The van der Waals surface area contributed by atoms with E-state index in [1.165, 1.54) is 28.1 Å². The van der Waals surface area contributed by atoms with Crippen molar-refractivity contribution in [1.82, 2.24) is 19.6 Å². The number of hydrogen-bond donors (Lipinski definition) is 1. The van der Waals surface area contributed by atoms with Gasteiger partial charge in [-0.25, -0.2) is 0 Å². The molecule has 0 spiro atoms. The third-order valence-corrected chi connectivity index (χ3v) is 4.90. The molecule has 0 unspecified atom stereocenters. The van der Waals surface area contributed by atoms with Gasteiger partial charge in [0.1, 0.15) is 12.4 Å². The fourth-order valence-electron chi connectivity index (χ4n) is 3.60. The summed E-state index contributed by atoms with van der Waals surface area (Å²) in [6.07, 6.45) is 3.32. The number of fused-ring (bicyclic) bond motifs is 2. The van der Waals surface area contributed by atoms with Crippen molar-refractivity contribution in [1.29, 1.82) is 0 Å². The smallest absolute Gasteiger partial charge is 0.276 e. The van der Waals surface area contributed by atoms with E-state index in [0.717, 1.165) is 24.2 Å². The Morgan fingerprint density at radius 2 is 1.96 bits per heavy atom. The van der Waals surface area contributed by atoms with Crippen molar-refractivity contribution in [3.8, 4) is 17.1 Å². The first-order valence-corrected chi connectivity index (χ1v) is 9.06. The summed E-state index contributed by atoms with van der Waals surface area (Å²) in [6.45, 7) is 0.287. The molecule has 0 saturated heterocycles. The topological polar surface area (TPSA) is 72.3 Å². The predicted molar refractivity (Wildman–Crippen MR) is 102 cm³/mol. The molecule has 2 aromatic carbocycles. The van der Waals surface area contributed by atoms with Gasteiger partial charge >= 0.3 is 0 Å². The van der Waals surface area contributed by atoms with E-state index in [-0.39, 0.29) is 12.2 Å². The molecule has 1 N–H and O–H groups in total. The molecule has 0 fully saturated rings. The number of benzene rings is 2. The van der Waals surface area contributed by atoms with Gasteiger partial charge in [0, 0.05) is 11.6 Å². The van der Waals surface area contributed by atoms with Crippen LogP contribution in [0.5, 0.6) is 5.75 Å². The van der Waals surface area contributed by atoms with Crippen LogP contribution in [0.25, 0.3) is 17.2 Å². The number of hydrogen-bond acceptors (Lipinski definition) is 4. The van der Waals surface area contributed by atoms with Crippen molar-refractivity contribution in [2.45, 2.75) is 25.9 Å². The summed E-state index contributed by atoms with van der Waals surface area (Å²) in [5, 5.41) is 4.31. The first kappa shape index (κ1) is 15.8. The minimum Gasteiger partial charge on any atom is -0.487 e. The molecule has 6 heteroatoms. The second kappa shape index (κ2) is 6.39. The summed E-state index contributed by atoms with van der Waals surface area (Å²) in [5.41, 5.74) is 3.97. The molecular weight excluding hydrogens is 340 g/mol. The fraction of sp³-hybridized carbons (Fsp3) is 0.190. The number of nitrogens with one attached hydrogen (secondary N) is 1. The first-order chi connectivity index (χ1) is 13.3. The van der Waals surface area contributed by atoms with E-state index in [1.54, 1.807) is 0 Å². The zero-order valence-electron chi connectivity index (χ0n) is 14.7. The average molecular weight is 358 g/mol. The van der Waals surface area contributed by atoms with Gasteiger partial charge in [0.2, 0.25) is 5.78 Å². The van der Waals surface area contributed by atoms with Crippen molar-refractivity contribution in [3.05, 3.63) is 81.8 Å². The van der Waals surface area contributed by atoms with Crippen LogP contribution in [0.1, 0.15) is 23.2 Å². The fourth-order valence-corrected chi connectivity index (χ4v) is 3.60. The van der Waals surface area contributed by atoms with Crippen LogP contribution in [0.4, 0.5) is 0 Å². The van der Waals surface area contributed by atoms with E-state index >= 15 is 0 Å². The Bertz CT molecular complexity index is 1180. The lowest BCUT2D eigenvalue weighted by Crippen LogP contribution is -2.16. The molecule has 5 rings (SSSR count). The third kappa shape index (κ3) is 2.89. The molecule has 0 radical (unpaired) electrons. The van der Waals surface area contributed by atoms with Crippen molar-refractivity contribution >= 4 is 5.78 Å². The molecule has 1 aliphatic carbocycles. The van der Waals surface area contributed by atoms with Gasteiger partial charge in [-0.1, -0.05) is 42.5 Å². The molecular formula is C21H18N4O2. The van der Waals surface area contributed by atoms with Crippen LogP contribution in [0.3, 0.4) is 0 Å². The summed E-state index contributed by atoms with van der Waals surface area (Å²) in [5.74, 6) is 1.83. The van der Waals surface area contributed by atoms with Gasteiger partial charge in [-0.2, -0.15) is 9.50 Å². The van der Waals surface area contributed by atoms with E-state index in [9.17, 15) is 4.79 Å². The zero-order valence-corrected chi connectivity index (χ0v) is 14.7. The summed E-state index contributed by atoms with van der Waals surface area (Å²) >= 11 is 0. The highest BCUT2D eigenvalue weighted by Crippen LogP contribution is 2.30. The Morgan fingerprint density at radius 3 is 2.85 bits per heavy atom. The maximum Gasteiger partial charge on any atom is 0.276 e. The van der Waals surface area contributed by atoms with E-state index < -0.39 is 0 Å². The van der Waals surface area contributed by atoms with Crippen LogP contribution in [0.15, 0.2) is 59.4 Å². The number of H-pyrrole nitrogens is 1. The first-order valence-electron chi connectivity index (χ1n) is 9.06. The molecule has 27 heavy (non-hydrogen) atoms. The number of rotatable bonds is 4. The van der Waals surface area contributed by atoms with E-state index in [4.69, 9.17) is 4.74 Å². The second-order valence-corrected chi connectivity index (χ2v) is 6.71. The van der Waals surface area contributed by atoms with Gasteiger partial charge in [0.25, 0.3) is 5.56 Å². The van der Waals surface area contributed by atoms with Gasteiger partial charge < -0.3 is 9.72 Å². The van der Waals surface area contributed by atoms with Gasteiger partial charge in [-0.3, -0.25) is 4.79 Å². The number of nitrogens with zero attached hydrogens (tertiary/aromatic N) is 3. The normalized spacial score (nSPS) is 13.0. The van der Waals surface area contributed by atoms with Crippen molar-refractivity contribution in [2.75, 3.05) is 0 Å². The Morgan fingerprint density at radius 1 is 1.07 bits per heavy atom. The van der Waals surface area contributed by atoms with Crippen LogP contribution in [0.2, 0.25) is 0 Å². The lowest BCUT2D eigenvalue weighted by Gasteiger charge is -2.10. The largest absolute Gasteiger partial charge is 0.487 e. The Hall–Kier alpha value is -3.41. The molecule has 0 bridgehead atoms. The standard InChI is InChI=1S/C21H18N4O2/c26-19-12-16(13-27-18-11-5-9-14-8-4-10-17(14)18)22-21-23-20(24-25(19)21)15-6-2-1-3-7-15/h1-3,5-7,9,11-12H,4,8,10,13H2,(H,22,23,24). The van der Waals surface area contributed by atoms with E-state index in [2.05, 4.69) is 21.1 Å². The minimum absolute atomic E-state index is 0.227. The van der Waals surface area contributed by atoms with Crippen LogP contribution < -0.4 is 10.3 Å². The van der Waals surface area contributed by atoms with Crippen molar-refractivity contribution < 1.29 is 4.74 Å². The third-order valence-electron chi connectivity index (χ3n) is 4.90. The summed E-state index contributed by atoms with van der Waals surface area (Å²) < 4.78 is 7.29. The SMILES string of the molecule is O=c1cc(COc2cccc3c2CCC3)[nH]c2nc(-c3ccccc3)nn12.